The number of hydrogen-bond donors (Lipinski definition) is 1. The van der Waals surface area contributed by atoms with Gasteiger partial charge in [0.15, 0.2) is 0 Å². The Morgan fingerprint density at radius 2 is 2.25 bits per heavy atom. The molecule has 0 aliphatic carbocycles. The molecule has 0 aliphatic rings. The molecule has 0 atom stereocenters. The molecule has 0 saturated carbocycles. The van der Waals surface area contributed by atoms with Gasteiger partial charge >= 0.3 is 5.97 Å². The molecule has 0 fully saturated rings. The van der Waals surface area contributed by atoms with Crippen LogP contribution in [0.15, 0.2) is 24.3 Å². The van der Waals surface area contributed by atoms with Gasteiger partial charge in [0.2, 0.25) is 0 Å². The summed E-state index contributed by atoms with van der Waals surface area (Å²) in [6.45, 7) is 4.24. The third-order valence-electron chi connectivity index (χ3n) is 2.17. The maximum absolute atomic E-state index is 10.3. The van der Waals surface area contributed by atoms with E-state index in [2.05, 4.69) is 6.92 Å². The summed E-state index contributed by atoms with van der Waals surface area (Å²) in [5.41, 5.74) is 1.20. The van der Waals surface area contributed by atoms with Gasteiger partial charge in [0.1, 0.15) is 5.75 Å². The van der Waals surface area contributed by atoms with Gasteiger partial charge < -0.3 is 9.84 Å². The lowest BCUT2D eigenvalue weighted by Gasteiger charge is -2.06. The zero-order valence-corrected chi connectivity index (χ0v) is 9.32. The summed E-state index contributed by atoms with van der Waals surface area (Å²) >= 11 is 0. The molecular formula is C13H17O3. The second kappa shape index (κ2) is 6.88. The van der Waals surface area contributed by atoms with Crippen molar-refractivity contribution in [3.63, 3.8) is 0 Å². The summed E-state index contributed by atoms with van der Waals surface area (Å²) in [5.74, 6) is 0.0192. The maximum Gasteiger partial charge on any atom is 0.303 e. The molecule has 0 amide bonds. The fourth-order valence-electron chi connectivity index (χ4n) is 1.41. The van der Waals surface area contributed by atoms with Crippen LogP contribution in [0.1, 0.15) is 24.8 Å². The van der Waals surface area contributed by atoms with Crippen LogP contribution in [0.3, 0.4) is 0 Å². The molecule has 0 bridgehead atoms. The summed E-state index contributed by atoms with van der Waals surface area (Å²) < 4.78 is 5.46. The SMILES string of the molecule is [CH2]CCc1cccc(OCCCC(=O)O)c1. The molecule has 3 heteroatoms. The van der Waals surface area contributed by atoms with Crippen LogP contribution in [0.2, 0.25) is 0 Å². The number of carbonyl (C=O) groups is 1. The minimum absolute atomic E-state index is 0.151. The molecule has 87 valence electrons. The van der Waals surface area contributed by atoms with Gasteiger partial charge in [-0.1, -0.05) is 19.1 Å². The molecular weight excluding hydrogens is 204 g/mol. The van der Waals surface area contributed by atoms with E-state index < -0.39 is 5.97 Å². The highest BCUT2D eigenvalue weighted by Gasteiger charge is 1.99. The summed E-state index contributed by atoms with van der Waals surface area (Å²) in [4.78, 5) is 10.3. The number of ether oxygens (including phenoxy) is 1. The summed E-state index contributed by atoms with van der Waals surface area (Å²) in [7, 11) is 0. The molecule has 1 N–H and O–H groups in total. The lowest BCUT2D eigenvalue weighted by atomic mass is 10.1. The average molecular weight is 221 g/mol. The monoisotopic (exact) mass is 221 g/mol. The van der Waals surface area contributed by atoms with Crippen molar-refractivity contribution in [3.05, 3.63) is 36.8 Å². The van der Waals surface area contributed by atoms with Gasteiger partial charge in [0, 0.05) is 6.42 Å². The van der Waals surface area contributed by atoms with E-state index in [4.69, 9.17) is 9.84 Å². The van der Waals surface area contributed by atoms with Crippen LogP contribution in [-0.4, -0.2) is 17.7 Å². The minimum Gasteiger partial charge on any atom is -0.494 e. The first kappa shape index (κ1) is 12.6. The normalized spacial score (nSPS) is 10.1. The molecule has 0 saturated heterocycles. The molecule has 0 aliphatic heterocycles. The van der Waals surface area contributed by atoms with E-state index in [-0.39, 0.29) is 6.42 Å². The molecule has 1 radical (unpaired) electrons. The van der Waals surface area contributed by atoms with Crippen molar-refractivity contribution >= 4 is 5.97 Å². The molecule has 1 aromatic carbocycles. The topological polar surface area (TPSA) is 46.5 Å². The summed E-state index contributed by atoms with van der Waals surface area (Å²) in [6, 6.07) is 7.84. The smallest absolute Gasteiger partial charge is 0.303 e. The van der Waals surface area contributed by atoms with Gasteiger partial charge in [-0.05, 0) is 37.0 Å². The maximum atomic E-state index is 10.3. The number of carboxylic acids is 1. The molecule has 3 nitrogen and oxygen atoms in total. The Labute approximate surface area is 96.1 Å². The highest BCUT2D eigenvalue weighted by atomic mass is 16.5. The van der Waals surface area contributed by atoms with Gasteiger partial charge in [0.05, 0.1) is 6.61 Å². The van der Waals surface area contributed by atoms with Crippen LogP contribution >= 0.6 is 0 Å². The highest BCUT2D eigenvalue weighted by Crippen LogP contribution is 2.14. The van der Waals surface area contributed by atoms with E-state index in [9.17, 15) is 4.79 Å². The highest BCUT2D eigenvalue weighted by molar-refractivity contribution is 5.66. The van der Waals surface area contributed by atoms with Crippen molar-refractivity contribution < 1.29 is 14.6 Å². The van der Waals surface area contributed by atoms with Gasteiger partial charge in [-0.25, -0.2) is 0 Å². The average Bonchev–Trinajstić information content (AvgIpc) is 2.25. The minimum atomic E-state index is -0.783. The molecule has 16 heavy (non-hydrogen) atoms. The van der Waals surface area contributed by atoms with Crippen LogP contribution in [-0.2, 0) is 11.2 Å². The van der Waals surface area contributed by atoms with E-state index in [1.165, 1.54) is 5.56 Å². The third kappa shape index (κ3) is 4.82. The van der Waals surface area contributed by atoms with Gasteiger partial charge in [-0.3, -0.25) is 4.79 Å². The lowest BCUT2D eigenvalue weighted by molar-refractivity contribution is -0.137. The fourth-order valence-corrected chi connectivity index (χ4v) is 1.41. The number of hydrogen-bond acceptors (Lipinski definition) is 2. The standard InChI is InChI=1S/C13H17O3/c1-2-5-11-6-3-7-12(10-11)16-9-4-8-13(14)15/h3,6-7,10H,1-2,4-5,8-9H2,(H,14,15). The van der Waals surface area contributed by atoms with Gasteiger partial charge in [-0.15, -0.1) is 0 Å². The number of aliphatic carboxylic acids is 1. The Balaban J connectivity index is 2.35. The Morgan fingerprint density at radius 1 is 1.44 bits per heavy atom. The van der Waals surface area contributed by atoms with Crippen molar-refractivity contribution in [2.75, 3.05) is 6.61 Å². The van der Waals surface area contributed by atoms with Crippen molar-refractivity contribution in [1.82, 2.24) is 0 Å². The van der Waals surface area contributed by atoms with Crippen LogP contribution in [0, 0.1) is 6.92 Å². The molecule has 1 aromatic rings. The Morgan fingerprint density at radius 3 is 2.94 bits per heavy atom. The predicted molar refractivity (Wildman–Crippen MR) is 62.5 cm³/mol. The Bertz CT molecular complexity index is 334. The molecule has 1 rings (SSSR count). The second-order valence-electron chi connectivity index (χ2n) is 3.60. The predicted octanol–water partition coefficient (Wildman–Crippen LogP) is 2.70. The first-order valence-electron chi connectivity index (χ1n) is 5.45. The Kier molecular flexibility index (Phi) is 5.40. The molecule has 0 aromatic heterocycles. The number of benzene rings is 1. The molecule has 0 spiro atoms. The fraction of sp³-hybridized carbons (Fsp3) is 0.385. The second-order valence-corrected chi connectivity index (χ2v) is 3.60. The van der Waals surface area contributed by atoms with Gasteiger partial charge in [-0.2, -0.15) is 0 Å². The van der Waals surface area contributed by atoms with Crippen molar-refractivity contribution in [1.29, 1.82) is 0 Å². The number of carboxylic acid groups (broad SMARTS) is 1. The van der Waals surface area contributed by atoms with E-state index in [0.29, 0.717) is 13.0 Å². The molecule has 0 unspecified atom stereocenters. The van der Waals surface area contributed by atoms with Crippen molar-refractivity contribution in [2.24, 2.45) is 0 Å². The van der Waals surface area contributed by atoms with Crippen LogP contribution < -0.4 is 4.74 Å². The van der Waals surface area contributed by atoms with E-state index in [0.717, 1.165) is 18.6 Å². The van der Waals surface area contributed by atoms with Crippen LogP contribution in [0.4, 0.5) is 0 Å². The number of rotatable bonds is 7. The molecule has 0 heterocycles. The van der Waals surface area contributed by atoms with E-state index >= 15 is 0 Å². The van der Waals surface area contributed by atoms with Crippen LogP contribution in [0.5, 0.6) is 5.75 Å². The van der Waals surface area contributed by atoms with Crippen molar-refractivity contribution in [3.8, 4) is 5.75 Å². The lowest BCUT2D eigenvalue weighted by Crippen LogP contribution is -2.02. The van der Waals surface area contributed by atoms with E-state index in [1.807, 2.05) is 24.3 Å². The Hall–Kier alpha value is -1.51. The number of aryl methyl sites for hydroxylation is 1. The largest absolute Gasteiger partial charge is 0.494 e. The zero-order chi connectivity index (χ0) is 11.8. The van der Waals surface area contributed by atoms with Crippen molar-refractivity contribution in [2.45, 2.75) is 25.7 Å². The quantitative estimate of drug-likeness (QED) is 0.720. The summed E-state index contributed by atoms with van der Waals surface area (Å²) in [6.07, 6.45) is 2.49. The van der Waals surface area contributed by atoms with Gasteiger partial charge in [0.25, 0.3) is 0 Å². The first-order chi connectivity index (χ1) is 7.72. The zero-order valence-electron chi connectivity index (χ0n) is 9.32. The first-order valence-corrected chi connectivity index (χ1v) is 5.45. The van der Waals surface area contributed by atoms with E-state index in [1.54, 1.807) is 0 Å². The third-order valence-corrected chi connectivity index (χ3v) is 2.17. The van der Waals surface area contributed by atoms with Crippen LogP contribution in [0.25, 0.3) is 0 Å². The summed E-state index contributed by atoms with van der Waals surface area (Å²) in [5, 5.41) is 8.46.